The van der Waals surface area contributed by atoms with E-state index in [4.69, 9.17) is 11.6 Å². The zero-order valence-electron chi connectivity index (χ0n) is 10.7. The van der Waals surface area contributed by atoms with Gasteiger partial charge in [0.1, 0.15) is 0 Å². The van der Waals surface area contributed by atoms with Gasteiger partial charge in [-0.05, 0) is 46.1 Å². The molecule has 0 atom stereocenters. The van der Waals surface area contributed by atoms with E-state index in [1.165, 1.54) is 12.1 Å². The van der Waals surface area contributed by atoms with Crippen molar-refractivity contribution in [3.8, 4) is 0 Å². The molecule has 0 saturated carbocycles. The minimum Gasteiger partial charge on any atom is -0.276 e. The molecule has 0 fully saturated rings. The monoisotopic (exact) mass is 377 g/mol. The van der Waals surface area contributed by atoms with E-state index in [0.717, 1.165) is 5.56 Å². The standard InChI is InChI=1S/C12H13BrClN3O2S/c1-17-8-9(7-15-17)4-5-16-20(18,19)10-2-3-12(14)11(13)6-10/h2-3,6-8,16H,4-5H2,1H3. The van der Waals surface area contributed by atoms with Crippen molar-refractivity contribution in [2.75, 3.05) is 6.54 Å². The van der Waals surface area contributed by atoms with Gasteiger partial charge in [0.2, 0.25) is 10.0 Å². The van der Waals surface area contributed by atoms with Crippen LogP contribution in [0.5, 0.6) is 0 Å². The molecular formula is C12H13BrClN3O2S. The van der Waals surface area contributed by atoms with E-state index in [1.54, 1.807) is 16.9 Å². The Kier molecular flexibility index (Phi) is 4.85. The van der Waals surface area contributed by atoms with Gasteiger partial charge >= 0.3 is 0 Å². The first-order chi connectivity index (χ1) is 9.38. The molecule has 20 heavy (non-hydrogen) atoms. The number of rotatable bonds is 5. The molecule has 0 spiro atoms. The van der Waals surface area contributed by atoms with E-state index in [0.29, 0.717) is 22.5 Å². The maximum absolute atomic E-state index is 12.1. The summed E-state index contributed by atoms with van der Waals surface area (Å²) in [6.45, 7) is 0.314. The van der Waals surface area contributed by atoms with E-state index in [1.807, 2.05) is 13.2 Å². The van der Waals surface area contributed by atoms with E-state index in [9.17, 15) is 8.42 Å². The van der Waals surface area contributed by atoms with Gasteiger partial charge in [0.15, 0.2) is 0 Å². The maximum atomic E-state index is 12.1. The van der Waals surface area contributed by atoms with Crippen LogP contribution in [0.3, 0.4) is 0 Å². The second-order valence-corrected chi connectivity index (χ2v) is 7.27. The first-order valence-electron chi connectivity index (χ1n) is 5.81. The third-order valence-electron chi connectivity index (χ3n) is 2.67. The molecule has 0 amide bonds. The Balaban J connectivity index is 2.02. The van der Waals surface area contributed by atoms with Crippen LogP contribution in [0, 0.1) is 0 Å². The smallest absolute Gasteiger partial charge is 0.240 e. The first-order valence-corrected chi connectivity index (χ1v) is 8.46. The van der Waals surface area contributed by atoms with Gasteiger partial charge in [0.25, 0.3) is 0 Å². The van der Waals surface area contributed by atoms with Gasteiger partial charge in [-0.25, -0.2) is 13.1 Å². The van der Waals surface area contributed by atoms with Crippen LogP contribution in [0.15, 0.2) is 40.0 Å². The van der Waals surface area contributed by atoms with Gasteiger partial charge in [-0.15, -0.1) is 0 Å². The molecule has 0 aliphatic rings. The van der Waals surface area contributed by atoms with Crippen molar-refractivity contribution in [3.63, 3.8) is 0 Å². The van der Waals surface area contributed by atoms with Crippen LogP contribution in [0.2, 0.25) is 5.02 Å². The topological polar surface area (TPSA) is 64.0 Å². The van der Waals surface area contributed by atoms with Crippen LogP contribution in [0.1, 0.15) is 5.56 Å². The summed E-state index contributed by atoms with van der Waals surface area (Å²) in [7, 11) is -1.71. The maximum Gasteiger partial charge on any atom is 0.240 e. The number of sulfonamides is 1. The summed E-state index contributed by atoms with van der Waals surface area (Å²) in [6.07, 6.45) is 4.15. The number of aryl methyl sites for hydroxylation is 1. The molecule has 0 unspecified atom stereocenters. The van der Waals surface area contributed by atoms with Crippen molar-refractivity contribution in [1.29, 1.82) is 0 Å². The molecule has 0 bridgehead atoms. The van der Waals surface area contributed by atoms with E-state index in [2.05, 4.69) is 25.8 Å². The number of nitrogens with zero attached hydrogens (tertiary/aromatic N) is 2. The molecule has 8 heteroatoms. The number of hydrogen-bond donors (Lipinski definition) is 1. The second-order valence-electron chi connectivity index (χ2n) is 4.25. The Morgan fingerprint density at radius 1 is 1.45 bits per heavy atom. The Hall–Kier alpha value is -0.890. The molecule has 0 saturated heterocycles. The van der Waals surface area contributed by atoms with Crippen molar-refractivity contribution in [2.24, 2.45) is 7.05 Å². The average Bonchev–Trinajstić information content (AvgIpc) is 2.78. The van der Waals surface area contributed by atoms with Crippen molar-refractivity contribution >= 4 is 37.6 Å². The molecule has 108 valence electrons. The van der Waals surface area contributed by atoms with Gasteiger partial charge in [0.05, 0.1) is 16.1 Å². The normalized spacial score (nSPS) is 11.8. The first kappa shape index (κ1) is 15.5. The van der Waals surface area contributed by atoms with Gasteiger partial charge in [-0.1, -0.05) is 11.6 Å². The van der Waals surface area contributed by atoms with Crippen LogP contribution >= 0.6 is 27.5 Å². The van der Waals surface area contributed by atoms with Crippen molar-refractivity contribution in [1.82, 2.24) is 14.5 Å². The Bertz CT molecular complexity index is 715. The highest BCUT2D eigenvalue weighted by molar-refractivity contribution is 9.10. The van der Waals surface area contributed by atoms with Crippen LogP contribution in [0.4, 0.5) is 0 Å². The second kappa shape index (κ2) is 6.26. The lowest BCUT2D eigenvalue weighted by atomic mass is 10.3. The summed E-state index contributed by atoms with van der Waals surface area (Å²) in [6, 6.07) is 4.50. The van der Waals surface area contributed by atoms with Crippen molar-refractivity contribution in [2.45, 2.75) is 11.3 Å². The van der Waals surface area contributed by atoms with E-state index in [-0.39, 0.29) is 4.90 Å². The van der Waals surface area contributed by atoms with Crippen molar-refractivity contribution in [3.05, 3.63) is 45.7 Å². The van der Waals surface area contributed by atoms with Gasteiger partial charge in [-0.3, -0.25) is 4.68 Å². The molecule has 0 radical (unpaired) electrons. The van der Waals surface area contributed by atoms with E-state index >= 15 is 0 Å². The fourth-order valence-corrected chi connectivity index (χ4v) is 3.36. The van der Waals surface area contributed by atoms with Crippen LogP contribution in [-0.2, 0) is 23.5 Å². The van der Waals surface area contributed by atoms with Crippen LogP contribution < -0.4 is 4.72 Å². The van der Waals surface area contributed by atoms with Gasteiger partial charge in [0, 0.05) is 24.3 Å². The zero-order valence-corrected chi connectivity index (χ0v) is 13.8. The molecule has 5 nitrogen and oxygen atoms in total. The molecule has 1 aromatic heterocycles. The predicted octanol–water partition coefficient (Wildman–Crippen LogP) is 2.36. The van der Waals surface area contributed by atoms with Gasteiger partial charge < -0.3 is 0 Å². The minimum absolute atomic E-state index is 0.181. The van der Waals surface area contributed by atoms with Gasteiger partial charge in [-0.2, -0.15) is 5.10 Å². The summed E-state index contributed by atoms with van der Waals surface area (Å²) in [5.41, 5.74) is 0.979. The average molecular weight is 379 g/mol. The van der Waals surface area contributed by atoms with Crippen LogP contribution in [0.25, 0.3) is 0 Å². The largest absolute Gasteiger partial charge is 0.276 e. The fourth-order valence-electron chi connectivity index (χ4n) is 1.66. The summed E-state index contributed by atoms with van der Waals surface area (Å²) in [4.78, 5) is 0.181. The summed E-state index contributed by atoms with van der Waals surface area (Å²) < 4.78 is 29.0. The highest BCUT2D eigenvalue weighted by Crippen LogP contribution is 2.25. The zero-order chi connectivity index (χ0) is 14.8. The number of nitrogens with one attached hydrogen (secondary N) is 1. The summed E-state index contributed by atoms with van der Waals surface area (Å²) in [5.74, 6) is 0. The fraction of sp³-hybridized carbons (Fsp3) is 0.250. The Labute approximate surface area is 131 Å². The lowest BCUT2D eigenvalue weighted by Gasteiger charge is -2.07. The number of aromatic nitrogens is 2. The third kappa shape index (κ3) is 3.82. The Morgan fingerprint density at radius 3 is 2.80 bits per heavy atom. The number of halogens is 2. The lowest BCUT2D eigenvalue weighted by molar-refractivity contribution is 0.581. The number of benzene rings is 1. The highest BCUT2D eigenvalue weighted by Gasteiger charge is 2.14. The lowest BCUT2D eigenvalue weighted by Crippen LogP contribution is -2.25. The molecule has 2 aromatic rings. The van der Waals surface area contributed by atoms with Crippen molar-refractivity contribution < 1.29 is 8.42 Å². The summed E-state index contributed by atoms with van der Waals surface area (Å²) >= 11 is 9.06. The summed E-state index contributed by atoms with van der Waals surface area (Å²) in [5, 5.41) is 4.50. The number of hydrogen-bond acceptors (Lipinski definition) is 3. The quantitative estimate of drug-likeness (QED) is 0.868. The Morgan fingerprint density at radius 2 is 2.20 bits per heavy atom. The van der Waals surface area contributed by atoms with E-state index < -0.39 is 10.0 Å². The third-order valence-corrected chi connectivity index (χ3v) is 5.34. The molecule has 0 aliphatic carbocycles. The molecule has 1 heterocycles. The molecule has 1 aromatic carbocycles. The van der Waals surface area contributed by atoms with Crippen LogP contribution in [-0.4, -0.2) is 24.7 Å². The molecule has 2 rings (SSSR count). The SMILES string of the molecule is Cn1cc(CCNS(=O)(=O)c2ccc(Cl)c(Br)c2)cn1. The molecular weight excluding hydrogens is 366 g/mol. The molecule has 0 aliphatic heterocycles. The highest BCUT2D eigenvalue weighted by atomic mass is 79.9. The predicted molar refractivity (Wildman–Crippen MR) is 81.3 cm³/mol. The minimum atomic E-state index is -3.53. The molecule has 1 N–H and O–H groups in total.